The molecule has 0 spiro atoms. The average molecular weight is 2020 g/mol. The third-order valence-electron chi connectivity index (χ3n) is 25.8. The zero-order chi connectivity index (χ0) is 97.4. The molecule has 137 heavy (non-hydrogen) atoms. The van der Waals surface area contributed by atoms with Gasteiger partial charge in [-0.3, -0.25) is 24.0 Å². The first-order valence-corrected chi connectivity index (χ1v) is 50.3. The Morgan fingerprint density at radius 1 is 0.394 bits per heavy atom. The van der Waals surface area contributed by atoms with Gasteiger partial charge in [0, 0.05) is 122 Å². The van der Waals surface area contributed by atoms with Gasteiger partial charge in [-0.2, -0.15) is 0 Å². The number of ketones is 1. The van der Waals surface area contributed by atoms with Gasteiger partial charge in [-0.15, -0.1) is 0 Å². The fraction of sp³-hybridized carbons (Fsp3) is 0.264. The van der Waals surface area contributed by atoms with Crippen LogP contribution in [0.15, 0.2) is 266 Å². The minimum atomic E-state index is -3.33. The van der Waals surface area contributed by atoms with E-state index in [1.807, 2.05) is 258 Å². The molecule has 0 radical (unpaired) electrons. The number of aliphatic hydroxyl groups is 1. The van der Waals surface area contributed by atoms with Crippen LogP contribution in [0.5, 0.6) is 11.5 Å². The second-order valence-electron chi connectivity index (χ2n) is 35.6. The topological polar surface area (TPSA) is 195 Å². The van der Waals surface area contributed by atoms with Crippen molar-refractivity contribution in [3.8, 4) is 11.5 Å². The van der Waals surface area contributed by atoms with Crippen molar-refractivity contribution in [3.63, 3.8) is 0 Å². The first-order valence-electron chi connectivity index (χ1n) is 45.4. The number of aryl methyl sites for hydroxylation is 7. The van der Waals surface area contributed by atoms with E-state index < -0.39 is 33.5 Å². The van der Waals surface area contributed by atoms with Gasteiger partial charge >= 0.3 is 0 Å². The van der Waals surface area contributed by atoms with Crippen molar-refractivity contribution in [2.75, 3.05) is 111 Å². The number of phenolic OH excluding ortho intramolecular Hbond substituents is 1. The van der Waals surface area contributed by atoms with Crippen LogP contribution in [0.1, 0.15) is 124 Å². The second-order valence-corrected chi connectivity index (χ2v) is 41.0. The van der Waals surface area contributed by atoms with Gasteiger partial charge in [-0.25, -0.2) is 8.42 Å². The van der Waals surface area contributed by atoms with Crippen molar-refractivity contribution in [2.24, 2.45) is 0 Å². The Balaban J connectivity index is 0.000000139. The highest BCUT2D eigenvalue weighted by Crippen LogP contribution is 2.44. The molecule has 18 rings (SSSR count). The lowest BCUT2D eigenvalue weighted by Crippen LogP contribution is -2.52. The standard InChI is InChI=1S/C29H26Cl2N2O3.C28H28Cl2N2O2.C27H26Cl2N2O2.C26H26Cl2N2O3S/c1-18-6-12-24(23(31)16-18)33-15-14-32(17-25(33)20-7-10-21(30)11-8-20)29(36)28(35)27-22-5-3-2-4-19(22)9-13-26(27)34;1-17-5-10-24(23(30)15-17)32-12-11-31(16-25(32)21-6-8-22(29)9-7-21)28(34)27(33)26-19(3)13-18(2)14-20(26)4;1-18-2-8-24(23(29)14-18)31-12-11-30(17-25(31)20-4-6-22(28)7-5-20)27(32)16-19-3-9-26-21(15-19)10-13-33-26;1-18-6-11-24(23(28)14-18)30-13-12-29(17-25(30)20-7-9-21(27)10-8-20)26(31)16-19-4-3-5-22(15-19)34(2,32)33/h2-13,16,25,28,34-35H,14-15,17H2,1H3;5-10,13-15,25H,11-12,16H2,1-4H3;2-9,14-15,25H,10-13,16-17H2,1H3;3-11,14-15,25H,12-13,16-17H2,1-2H3. The van der Waals surface area contributed by atoms with Crippen LogP contribution < -0.4 is 24.3 Å². The van der Waals surface area contributed by atoms with Gasteiger partial charge in [0.2, 0.25) is 11.8 Å². The van der Waals surface area contributed by atoms with E-state index in [9.17, 15) is 42.6 Å². The fourth-order valence-electron chi connectivity index (χ4n) is 18.8. The number of hydrogen-bond donors (Lipinski definition) is 2. The Morgan fingerprint density at radius 3 is 1.18 bits per heavy atom. The van der Waals surface area contributed by atoms with Crippen LogP contribution in [-0.4, -0.2) is 159 Å². The molecule has 5 heterocycles. The number of sulfone groups is 1. The Morgan fingerprint density at radius 2 is 0.774 bits per heavy atom. The summed E-state index contributed by atoms with van der Waals surface area (Å²) in [4.78, 5) is 83.1. The van der Waals surface area contributed by atoms with Gasteiger partial charge in [-0.05, 0) is 253 Å². The van der Waals surface area contributed by atoms with E-state index >= 15 is 0 Å². The number of piperazine rings is 4. The number of aromatic hydroxyl groups is 1. The highest BCUT2D eigenvalue weighted by atomic mass is 35.5. The molecule has 18 nitrogen and oxygen atoms in total. The average Bonchev–Trinajstić information content (AvgIpc) is 1.79. The van der Waals surface area contributed by atoms with Crippen LogP contribution in [0.3, 0.4) is 0 Å². The van der Waals surface area contributed by atoms with Crippen LogP contribution in [0.2, 0.25) is 40.2 Å². The molecule has 5 atom stereocenters. The molecule has 0 saturated carbocycles. The number of ether oxygens (including phenoxy) is 1. The number of hydrogen-bond acceptors (Lipinski definition) is 14. The van der Waals surface area contributed by atoms with Crippen molar-refractivity contribution in [1.29, 1.82) is 0 Å². The van der Waals surface area contributed by atoms with E-state index in [4.69, 9.17) is 97.5 Å². The van der Waals surface area contributed by atoms with Crippen LogP contribution in [0.25, 0.3) is 10.8 Å². The van der Waals surface area contributed by atoms with Crippen LogP contribution in [-0.2, 0) is 48.3 Å². The molecule has 4 amide bonds. The van der Waals surface area contributed by atoms with E-state index in [1.54, 1.807) is 46.2 Å². The molecule has 5 aliphatic rings. The molecule has 0 aliphatic carbocycles. The summed E-state index contributed by atoms with van der Waals surface area (Å²) in [6.07, 6.45) is 1.12. The predicted molar refractivity (Wildman–Crippen MR) is 555 cm³/mol. The maximum Gasteiger partial charge on any atom is 0.295 e. The molecule has 2 N–H and O–H groups in total. The van der Waals surface area contributed by atoms with E-state index in [0.717, 1.165) is 119 Å². The number of amides is 4. The first-order chi connectivity index (χ1) is 65.6. The smallest absolute Gasteiger partial charge is 0.295 e. The number of anilines is 4. The molecule has 4 saturated heterocycles. The lowest BCUT2D eigenvalue weighted by atomic mass is 9.95. The van der Waals surface area contributed by atoms with E-state index in [1.165, 1.54) is 17.9 Å². The quantitative estimate of drug-likeness (QED) is 0.0645. The van der Waals surface area contributed by atoms with E-state index in [0.29, 0.717) is 137 Å². The van der Waals surface area contributed by atoms with Gasteiger partial charge in [0.05, 0.1) is 91.4 Å². The second kappa shape index (κ2) is 44.2. The van der Waals surface area contributed by atoms with Crippen LogP contribution >= 0.6 is 92.8 Å². The molecule has 0 aromatic heterocycles. The van der Waals surface area contributed by atoms with Crippen molar-refractivity contribution in [2.45, 2.75) is 103 Å². The number of nitrogens with zero attached hydrogens (tertiary/aromatic N) is 8. The van der Waals surface area contributed by atoms with E-state index in [2.05, 4.69) is 37.8 Å². The van der Waals surface area contributed by atoms with Crippen molar-refractivity contribution in [3.05, 3.63) is 390 Å². The number of halogens is 8. The summed E-state index contributed by atoms with van der Waals surface area (Å²) < 4.78 is 29.4. The Hall–Kier alpha value is -11.3. The zero-order valence-corrected chi connectivity index (χ0v) is 84.1. The third-order valence-corrected chi connectivity index (χ3v) is 29.2. The van der Waals surface area contributed by atoms with Crippen LogP contribution in [0, 0.1) is 48.5 Å². The molecule has 4 fully saturated rings. The van der Waals surface area contributed by atoms with Gasteiger partial charge < -0.3 is 54.1 Å². The number of Topliss-reactive ketones (excluding diaryl/α,β-unsaturated/α-hetero) is 1. The number of carbonyl (C=O) groups is 5. The SMILES string of the molecule is Cc1cc(C)c(C(=O)C(=O)N2CCN(c3ccc(C)cc3Cl)C(c3ccc(Cl)cc3)C2)c(C)c1.Cc1ccc(N2CCN(C(=O)C(O)c3c(O)ccc4ccccc34)CC2c2ccc(Cl)cc2)c(Cl)c1.Cc1ccc(N2CCN(C(=O)Cc3ccc4c(c3)CCO4)CC2c2ccc(Cl)cc2)c(Cl)c1.Cc1ccc(N2CCN(C(=O)Cc3cccc(S(C)(=O)=O)c3)CC2c2ccc(Cl)cc2)c(Cl)c1. The number of fused-ring (bicyclic) bond motifs is 2. The minimum Gasteiger partial charge on any atom is -0.508 e. The molecular weight excluding hydrogens is 1910 g/mol. The summed E-state index contributed by atoms with van der Waals surface area (Å²) in [6.45, 7) is 20.7. The van der Waals surface area contributed by atoms with Gasteiger partial charge in [0.1, 0.15) is 11.5 Å². The Kier molecular flexibility index (Phi) is 32.3. The zero-order valence-electron chi connectivity index (χ0n) is 77.2. The monoisotopic (exact) mass is 2010 g/mol. The summed E-state index contributed by atoms with van der Waals surface area (Å²) in [5, 5.41) is 28.6. The molecular formula is C110H106Cl8N8O10S. The maximum absolute atomic E-state index is 13.6. The predicted octanol–water partition coefficient (Wildman–Crippen LogP) is 24.0. The minimum absolute atomic E-state index is 0.00593. The van der Waals surface area contributed by atoms with Gasteiger partial charge in [0.15, 0.2) is 15.9 Å². The number of carbonyl (C=O) groups excluding carboxylic acids is 5. The Bertz CT molecular complexity index is 6760. The van der Waals surface area contributed by atoms with Gasteiger partial charge in [-0.1, -0.05) is 238 Å². The first kappa shape index (κ1) is 100. The van der Waals surface area contributed by atoms with Crippen LogP contribution in [0.4, 0.5) is 22.7 Å². The molecule has 5 aliphatic heterocycles. The van der Waals surface area contributed by atoms with Crippen molar-refractivity contribution < 1.29 is 47.3 Å². The van der Waals surface area contributed by atoms with E-state index in [-0.39, 0.29) is 58.6 Å². The summed E-state index contributed by atoms with van der Waals surface area (Å²) in [7, 11) is -3.33. The number of benzene rings is 13. The summed E-state index contributed by atoms with van der Waals surface area (Å²) in [6, 6.07) is 81.6. The Labute approximate surface area is 841 Å². The molecule has 5 unspecified atom stereocenters. The molecule has 27 heteroatoms. The molecule has 13 aromatic carbocycles. The molecule has 0 bridgehead atoms. The summed E-state index contributed by atoms with van der Waals surface area (Å²) >= 11 is 51.0. The largest absolute Gasteiger partial charge is 0.508 e. The summed E-state index contributed by atoms with van der Waals surface area (Å²) in [5.74, 6) is -0.432. The number of rotatable bonds is 17. The molecule has 13 aromatic rings. The summed E-state index contributed by atoms with van der Waals surface area (Å²) in [5.41, 5.74) is 18.6. The number of aliphatic hydroxyl groups excluding tert-OH is 1. The fourth-order valence-corrected chi connectivity index (χ4v) is 21.4. The maximum atomic E-state index is 13.6. The van der Waals surface area contributed by atoms with Crippen molar-refractivity contribution in [1.82, 2.24) is 19.6 Å². The lowest BCUT2D eigenvalue weighted by Gasteiger charge is -2.44. The third kappa shape index (κ3) is 24.0. The normalized spacial score (nSPS) is 16.7. The van der Waals surface area contributed by atoms with Gasteiger partial charge in [0.25, 0.3) is 17.6 Å². The molecule has 708 valence electrons. The number of phenols is 1. The highest BCUT2D eigenvalue weighted by molar-refractivity contribution is 7.90. The highest BCUT2D eigenvalue weighted by Gasteiger charge is 2.40. The lowest BCUT2D eigenvalue weighted by molar-refractivity contribution is -0.141. The van der Waals surface area contributed by atoms with Crippen molar-refractivity contribution >= 4 is 166 Å².